The molecule has 1 aromatic carbocycles. The van der Waals surface area contributed by atoms with Crippen molar-refractivity contribution in [3.8, 4) is 11.5 Å². The molecule has 0 heterocycles. The molecule has 1 aromatic rings. The van der Waals surface area contributed by atoms with Crippen molar-refractivity contribution in [1.29, 1.82) is 0 Å². The van der Waals surface area contributed by atoms with Gasteiger partial charge < -0.3 is 15.2 Å². The van der Waals surface area contributed by atoms with Gasteiger partial charge in [-0.15, -0.1) is 0 Å². The van der Waals surface area contributed by atoms with Gasteiger partial charge >= 0.3 is 0 Å². The van der Waals surface area contributed by atoms with Crippen LogP contribution in [-0.4, -0.2) is 19.3 Å². The summed E-state index contributed by atoms with van der Waals surface area (Å²) < 4.78 is 11.2. The van der Waals surface area contributed by atoms with Crippen LogP contribution in [0.2, 0.25) is 0 Å². The van der Waals surface area contributed by atoms with E-state index in [2.05, 4.69) is 0 Å². The van der Waals surface area contributed by atoms with Crippen molar-refractivity contribution in [2.75, 3.05) is 13.2 Å². The predicted octanol–water partition coefficient (Wildman–Crippen LogP) is 3.37. The Morgan fingerprint density at radius 2 is 1.63 bits per heavy atom. The van der Waals surface area contributed by atoms with Gasteiger partial charge in [-0.05, 0) is 49.9 Å². The molecule has 2 rings (SSSR count). The molecule has 3 heteroatoms. The average molecular weight is 263 g/mol. The van der Waals surface area contributed by atoms with Crippen LogP contribution in [-0.2, 0) is 0 Å². The lowest BCUT2D eigenvalue weighted by Gasteiger charge is -2.27. The Kier molecular flexibility index (Phi) is 5.52. The number of hydrogen-bond donors (Lipinski definition) is 1. The van der Waals surface area contributed by atoms with Gasteiger partial charge in [0.05, 0.1) is 6.61 Å². The zero-order chi connectivity index (χ0) is 13.5. The molecule has 0 aromatic heterocycles. The molecule has 0 spiro atoms. The van der Waals surface area contributed by atoms with Gasteiger partial charge in [-0.1, -0.05) is 19.3 Å². The van der Waals surface area contributed by atoms with E-state index in [-0.39, 0.29) is 6.04 Å². The summed E-state index contributed by atoms with van der Waals surface area (Å²) in [4.78, 5) is 0. The zero-order valence-corrected chi connectivity index (χ0v) is 11.8. The highest BCUT2D eigenvalue weighted by molar-refractivity contribution is 5.31. The van der Waals surface area contributed by atoms with Crippen LogP contribution in [0.25, 0.3) is 0 Å². The second-order valence-electron chi connectivity index (χ2n) is 5.28. The monoisotopic (exact) mass is 263 g/mol. The first-order valence-electron chi connectivity index (χ1n) is 7.41. The van der Waals surface area contributed by atoms with Crippen molar-refractivity contribution >= 4 is 0 Å². The van der Waals surface area contributed by atoms with Crippen LogP contribution in [0.5, 0.6) is 11.5 Å². The van der Waals surface area contributed by atoms with Crippen molar-refractivity contribution in [3.05, 3.63) is 24.3 Å². The Balaban J connectivity index is 1.77. The molecule has 1 aliphatic rings. The molecule has 0 saturated heterocycles. The molecule has 0 bridgehead atoms. The quantitative estimate of drug-likeness (QED) is 0.855. The second-order valence-corrected chi connectivity index (χ2v) is 5.28. The molecular formula is C16H25NO2. The van der Waals surface area contributed by atoms with Crippen molar-refractivity contribution in [2.45, 2.75) is 45.1 Å². The third-order valence-corrected chi connectivity index (χ3v) is 3.83. The highest BCUT2D eigenvalue weighted by Crippen LogP contribution is 2.26. The molecule has 1 saturated carbocycles. The van der Waals surface area contributed by atoms with Crippen LogP contribution >= 0.6 is 0 Å². The van der Waals surface area contributed by atoms with Gasteiger partial charge in [-0.3, -0.25) is 0 Å². The van der Waals surface area contributed by atoms with Gasteiger partial charge in [-0.25, -0.2) is 0 Å². The Morgan fingerprint density at radius 3 is 2.21 bits per heavy atom. The third-order valence-electron chi connectivity index (χ3n) is 3.83. The fraction of sp³-hybridized carbons (Fsp3) is 0.625. The molecule has 1 atom stereocenters. The standard InChI is InChI=1S/C16H25NO2/c1-2-18-14-8-10-15(11-9-14)19-12-16(17)13-6-4-3-5-7-13/h8-11,13,16H,2-7,12,17H2,1H3. The van der Waals surface area contributed by atoms with Crippen molar-refractivity contribution < 1.29 is 9.47 Å². The van der Waals surface area contributed by atoms with E-state index in [0.717, 1.165) is 11.5 Å². The van der Waals surface area contributed by atoms with Gasteiger partial charge in [0.1, 0.15) is 18.1 Å². The first kappa shape index (κ1) is 14.2. The van der Waals surface area contributed by atoms with E-state index in [4.69, 9.17) is 15.2 Å². The first-order valence-corrected chi connectivity index (χ1v) is 7.41. The lowest BCUT2D eigenvalue weighted by Crippen LogP contribution is -2.37. The number of rotatable bonds is 6. The van der Waals surface area contributed by atoms with Crippen molar-refractivity contribution in [3.63, 3.8) is 0 Å². The summed E-state index contributed by atoms with van der Waals surface area (Å²) in [6, 6.07) is 7.92. The lowest BCUT2D eigenvalue weighted by atomic mass is 9.84. The summed E-state index contributed by atoms with van der Waals surface area (Å²) in [6.45, 7) is 3.28. The van der Waals surface area contributed by atoms with E-state index in [1.807, 2.05) is 31.2 Å². The van der Waals surface area contributed by atoms with Gasteiger partial charge in [0.15, 0.2) is 0 Å². The largest absolute Gasteiger partial charge is 0.494 e. The Hall–Kier alpha value is -1.22. The maximum atomic E-state index is 6.22. The van der Waals surface area contributed by atoms with Gasteiger partial charge in [0.25, 0.3) is 0 Å². The summed E-state index contributed by atoms with van der Waals surface area (Å²) in [5.74, 6) is 2.39. The van der Waals surface area contributed by atoms with E-state index in [0.29, 0.717) is 19.1 Å². The highest BCUT2D eigenvalue weighted by atomic mass is 16.5. The maximum Gasteiger partial charge on any atom is 0.119 e. The van der Waals surface area contributed by atoms with Crippen LogP contribution in [0.4, 0.5) is 0 Å². The predicted molar refractivity (Wildman–Crippen MR) is 77.7 cm³/mol. The van der Waals surface area contributed by atoms with Crippen LogP contribution in [0.15, 0.2) is 24.3 Å². The molecule has 19 heavy (non-hydrogen) atoms. The summed E-state index contributed by atoms with van der Waals surface area (Å²) in [5.41, 5.74) is 6.22. The van der Waals surface area contributed by atoms with Crippen LogP contribution in [0, 0.1) is 5.92 Å². The number of benzene rings is 1. The van der Waals surface area contributed by atoms with Crippen molar-refractivity contribution in [1.82, 2.24) is 0 Å². The van der Waals surface area contributed by atoms with Crippen LogP contribution in [0.1, 0.15) is 39.0 Å². The third kappa shape index (κ3) is 4.43. The zero-order valence-electron chi connectivity index (χ0n) is 11.8. The number of hydrogen-bond acceptors (Lipinski definition) is 3. The Labute approximate surface area is 116 Å². The minimum absolute atomic E-state index is 0.159. The summed E-state index contributed by atoms with van der Waals surface area (Å²) in [7, 11) is 0. The van der Waals surface area contributed by atoms with E-state index in [1.165, 1.54) is 32.1 Å². The Morgan fingerprint density at radius 1 is 1.05 bits per heavy atom. The van der Waals surface area contributed by atoms with Crippen molar-refractivity contribution in [2.24, 2.45) is 11.7 Å². The van der Waals surface area contributed by atoms with Crippen LogP contribution < -0.4 is 15.2 Å². The summed E-state index contributed by atoms with van der Waals surface area (Å²) in [5, 5.41) is 0. The molecule has 0 aliphatic heterocycles. The normalized spacial score (nSPS) is 18.0. The number of ether oxygens (including phenoxy) is 2. The molecule has 1 fully saturated rings. The summed E-state index contributed by atoms with van der Waals surface area (Å²) in [6.07, 6.45) is 6.52. The minimum Gasteiger partial charge on any atom is -0.494 e. The smallest absolute Gasteiger partial charge is 0.119 e. The molecule has 0 radical (unpaired) electrons. The minimum atomic E-state index is 0.159. The second kappa shape index (κ2) is 7.39. The Bertz CT molecular complexity index is 358. The molecule has 2 N–H and O–H groups in total. The molecular weight excluding hydrogens is 238 g/mol. The highest BCUT2D eigenvalue weighted by Gasteiger charge is 2.20. The van der Waals surface area contributed by atoms with E-state index < -0.39 is 0 Å². The topological polar surface area (TPSA) is 44.5 Å². The maximum absolute atomic E-state index is 6.22. The van der Waals surface area contributed by atoms with Gasteiger partial charge in [-0.2, -0.15) is 0 Å². The van der Waals surface area contributed by atoms with E-state index >= 15 is 0 Å². The first-order chi connectivity index (χ1) is 9.29. The van der Waals surface area contributed by atoms with Gasteiger partial charge in [0.2, 0.25) is 0 Å². The fourth-order valence-corrected chi connectivity index (χ4v) is 2.69. The molecule has 106 valence electrons. The SMILES string of the molecule is CCOc1ccc(OCC(N)C2CCCCC2)cc1. The average Bonchev–Trinajstić information content (AvgIpc) is 2.47. The van der Waals surface area contributed by atoms with E-state index in [1.54, 1.807) is 0 Å². The molecule has 3 nitrogen and oxygen atoms in total. The number of nitrogens with two attached hydrogens (primary N) is 1. The summed E-state index contributed by atoms with van der Waals surface area (Å²) >= 11 is 0. The van der Waals surface area contributed by atoms with Crippen LogP contribution in [0.3, 0.4) is 0 Å². The van der Waals surface area contributed by atoms with E-state index in [9.17, 15) is 0 Å². The molecule has 1 unspecified atom stereocenters. The van der Waals surface area contributed by atoms with Gasteiger partial charge in [0, 0.05) is 6.04 Å². The fourth-order valence-electron chi connectivity index (χ4n) is 2.69. The lowest BCUT2D eigenvalue weighted by molar-refractivity contribution is 0.213. The molecule has 0 amide bonds. The molecule has 1 aliphatic carbocycles.